The number of nitrogens with one attached hydrogen (secondary N) is 1. The van der Waals surface area contributed by atoms with Gasteiger partial charge in [0, 0.05) is 68.2 Å². The minimum absolute atomic E-state index is 0.0204. The number of nitrogens with zero attached hydrogens (tertiary/aromatic N) is 3. The number of halogens is 3. The van der Waals surface area contributed by atoms with Crippen molar-refractivity contribution < 1.29 is 31.6 Å². The second-order valence-electron chi connectivity index (χ2n) is 11.5. The number of benzene rings is 2. The van der Waals surface area contributed by atoms with E-state index in [9.17, 15) is 22.8 Å². The first-order valence-corrected chi connectivity index (χ1v) is 17.3. The van der Waals surface area contributed by atoms with Gasteiger partial charge in [-0.2, -0.15) is 18.4 Å². The van der Waals surface area contributed by atoms with Gasteiger partial charge in [0.05, 0.1) is 41.1 Å². The van der Waals surface area contributed by atoms with Crippen molar-refractivity contribution in [3.63, 3.8) is 0 Å². The highest BCUT2D eigenvalue weighted by molar-refractivity contribution is 7.94. The Morgan fingerprint density at radius 1 is 1.04 bits per heavy atom. The third kappa shape index (κ3) is 13.2. The number of thiocarbonyl (C=S) groups is 1. The minimum Gasteiger partial charge on any atom is -0.381 e. The largest absolute Gasteiger partial charge is 0.417 e. The van der Waals surface area contributed by atoms with Gasteiger partial charge in [-0.25, -0.2) is 0 Å². The molecule has 0 spiro atoms. The van der Waals surface area contributed by atoms with Gasteiger partial charge < -0.3 is 33.2 Å². The van der Waals surface area contributed by atoms with Crippen molar-refractivity contribution >= 4 is 47.0 Å². The molecule has 0 aliphatic carbocycles. The molecule has 50 heavy (non-hydrogen) atoms. The van der Waals surface area contributed by atoms with Crippen LogP contribution in [-0.4, -0.2) is 61.5 Å². The summed E-state index contributed by atoms with van der Waals surface area (Å²) in [5.41, 5.74) is -1.38. The number of aryl methyl sites for hydroxylation is 1. The van der Waals surface area contributed by atoms with Crippen molar-refractivity contribution in [2.75, 3.05) is 43.3 Å². The predicted octanol–water partition coefficient (Wildman–Crippen LogP) is 8.10. The second-order valence-corrected chi connectivity index (χ2v) is 12.7. The molecule has 2 fully saturated rings. The third-order valence-corrected chi connectivity index (χ3v) is 8.49. The van der Waals surface area contributed by atoms with Gasteiger partial charge in [0.15, 0.2) is 5.11 Å². The minimum atomic E-state index is -4.72. The number of carbonyl (C=O) groups is 1. The van der Waals surface area contributed by atoms with Crippen LogP contribution in [0, 0.1) is 18.3 Å². The quantitative estimate of drug-likeness (QED) is 0.145. The smallest absolute Gasteiger partial charge is 0.381 e. The molecule has 14 heteroatoms. The Hall–Kier alpha value is -3.74. The summed E-state index contributed by atoms with van der Waals surface area (Å²) in [5, 5.41) is 8.97. The number of hydrogen-bond acceptors (Lipinski definition) is 8. The van der Waals surface area contributed by atoms with Gasteiger partial charge >= 0.3 is 6.18 Å². The molecule has 2 aromatic carbocycles. The molecule has 1 N–H and O–H groups in total. The van der Waals surface area contributed by atoms with Crippen LogP contribution in [0.1, 0.15) is 63.6 Å². The molecule has 0 saturated carbocycles. The number of nitriles is 1. The Labute approximate surface area is 301 Å². The standard InChI is InChI=1S/C19H17F3N4O2S.C11H14O2S.C4H8O.C2H6/c1-18(2,11-27)26(14-6-7-16(28)24-10-14)17(29)25(3)13-5-4-12(9-23)15(8-13)19(20,21)22;1-9-2-4-11(5-3-9)14-13-10-6-7-12-8-10;1-2-4-5-3-1;1-2/h4-8,10-11H,1-3H3,(H,24,28);2-5,10H,6-8H2,1H3;1-4H2;1-2H3. The summed E-state index contributed by atoms with van der Waals surface area (Å²) >= 11 is 6.91. The first-order chi connectivity index (χ1) is 23.8. The number of pyridine rings is 1. The Morgan fingerprint density at radius 2 is 1.68 bits per heavy atom. The number of ether oxygens (including phenoxy) is 2. The molecule has 1 aromatic heterocycles. The topological polar surface area (TPSA) is 108 Å². The number of aromatic nitrogens is 1. The van der Waals surface area contributed by atoms with Crippen LogP contribution < -0.4 is 15.4 Å². The van der Waals surface area contributed by atoms with Gasteiger partial charge in [-0.1, -0.05) is 31.5 Å². The molecule has 0 amide bonds. The number of carbonyl (C=O) groups excluding carboxylic acids is 1. The Kier molecular flexibility index (Phi) is 17.7. The first-order valence-electron chi connectivity index (χ1n) is 16.2. The summed E-state index contributed by atoms with van der Waals surface area (Å²) in [5.74, 6) is 0. The number of H-pyrrole nitrogens is 1. The molecule has 9 nitrogen and oxygen atoms in total. The zero-order valence-electron chi connectivity index (χ0n) is 29.2. The lowest BCUT2D eigenvalue weighted by Gasteiger charge is -2.39. The van der Waals surface area contributed by atoms with Crippen LogP contribution in [0.3, 0.4) is 0 Å². The summed E-state index contributed by atoms with van der Waals surface area (Å²) in [6.07, 6.45) is 1.11. The van der Waals surface area contributed by atoms with Crippen LogP contribution in [-0.2, 0) is 24.6 Å². The van der Waals surface area contributed by atoms with Crippen molar-refractivity contribution in [3.8, 4) is 6.07 Å². The van der Waals surface area contributed by atoms with Crippen molar-refractivity contribution in [1.29, 1.82) is 5.26 Å². The predicted molar refractivity (Wildman–Crippen MR) is 196 cm³/mol. The van der Waals surface area contributed by atoms with Crippen LogP contribution in [0.4, 0.5) is 24.5 Å². The number of anilines is 2. The van der Waals surface area contributed by atoms with Gasteiger partial charge in [-0.15, -0.1) is 0 Å². The maximum Gasteiger partial charge on any atom is 0.417 e. The van der Waals surface area contributed by atoms with E-state index in [1.54, 1.807) is 13.8 Å². The molecule has 2 saturated heterocycles. The summed E-state index contributed by atoms with van der Waals surface area (Å²) in [6, 6.07) is 15.8. The van der Waals surface area contributed by atoms with Crippen molar-refractivity contribution in [1.82, 2.24) is 4.98 Å². The number of aromatic amines is 1. The van der Waals surface area contributed by atoms with E-state index in [1.807, 2.05) is 13.8 Å². The number of alkyl halides is 3. The number of rotatable bonds is 7. The molecule has 5 rings (SSSR count). The Bertz CT molecular complexity index is 1570. The summed E-state index contributed by atoms with van der Waals surface area (Å²) < 4.78 is 55.7. The van der Waals surface area contributed by atoms with Gasteiger partial charge in [0.1, 0.15) is 6.29 Å². The molecular formula is C36H45F3N4O5S2. The van der Waals surface area contributed by atoms with Crippen molar-refractivity contribution in [2.24, 2.45) is 0 Å². The van der Waals surface area contributed by atoms with Crippen LogP contribution in [0.2, 0.25) is 0 Å². The highest BCUT2D eigenvalue weighted by atomic mass is 32.2. The van der Waals surface area contributed by atoms with Gasteiger partial charge in [0.25, 0.3) is 0 Å². The summed E-state index contributed by atoms with van der Waals surface area (Å²) in [4.78, 5) is 29.4. The van der Waals surface area contributed by atoms with Crippen LogP contribution in [0.25, 0.3) is 0 Å². The molecular weight excluding hydrogens is 690 g/mol. The molecule has 2 aliphatic rings. The van der Waals surface area contributed by atoms with E-state index < -0.39 is 22.8 Å². The highest BCUT2D eigenvalue weighted by Crippen LogP contribution is 2.35. The lowest BCUT2D eigenvalue weighted by atomic mass is 10.0. The average molecular weight is 735 g/mol. The van der Waals surface area contributed by atoms with Gasteiger partial charge in [-0.3, -0.25) is 4.79 Å². The number of aldehydes is 1. The van der Waals surface area contributed by atoms with Crippen LogP contribution in [0.15, 0.2) is 70.5 Å². The maximum absolute atomic E-state index is 13.3. The molecule has 0 radical (unpaired) electrons. The van der Waals surface area contributed by atoms with E-state index in [1.165, 1.54) is 77.8 Å². The SMILES string of the molecule is C1CCOC1.CC.CN(C(=S)N(c1ccc(=O)[nH]c1)C(C)(C)C=O)c1ccc(C#N)c(C(F)(F)F)c1.Cc1ccc(SOC2CCOC2)cc1. The fraction of sp³-hybridized carbons (Fsp3) is 0.444. The molecule has 3 heterocycles. The first kappa shape index (κ1) is 42.4. The fourth-order valence-corrected chi connectivity index (χ4v) is 5.53. The lowest BCUT2D eigenvalue weighted by molar-refractivity contribution is -0.137. The normalized spacial score (nSPS) is 15.2. The molecule has 1 unspecified atom stereocenters. The summed E-state index contributed by atoms with van der Waals surface area (Å²) in [7, 11) is 1.45. The lowest BCUT2D eigenvalue weighted by Crippen LogP contribution is -2.54. The number of hydrogen-bond donors (Lipinski definition) is 1. The molecule has 1 atom stereocenters. The fourth-order valence-electron chi connectivity index (χ4n) is 4.43. The van der Waals surface area contributed by atoms with Crippen LogP contribution in [0.5, 0.6) is 0 Å². The third-order valence-electron chi connectivity index (χ3n) is 7.20. The molecule has 0 bridgehead atoms. The van der Waals surface area contributed by atoms with E-state index in [0.717, 1.165) is 49.9 Å². The van der Waals surface area contributed by atoms with Crippen molar-refractivity contribution in [2.45, 2.75) is 76.6 Å². The Balaban J connectivity index is 0.000000336. The van der Waals surface area contributed by atoms with E-state index in [4.69, 9.17) is 31.1 Å². The molecule has 2 aliphatic heterocycles. The van der Waals surface area contributed by atoms with E-state index in [2.05, 4.69) is 36.2 Å². The summed E-state index contributed by atoms with van der Waals surface area (Å²) in [6.45, 7) is 12.8. The molecule has 272 valence electrons. The second kappa shape index (κ2) is 20.8. The molecule has 3 aromatic rings. The van der Waals surface area contributed by atoms with Gasteiger partial charge in [-0.05, 0) is 82.2 Å². The maximum atomic E-state index is 13.3. The van der Waals surface area contributed by atoms with Crippen molar-refractivity contribution in [3.05, 3.63) is 87.8 Å². The Morgan fingerprint density at radius 3 is 2.16 bits per heavy atom. The monoisotopic (exact) mass is 734 g/mol. The average Bonchev–Trinajstić information content (AvgIpc) is 3.87. The van der Waals surface area contributed by atoms with E-state index in [-0.39, 0.29) is 22.5 Å². The van der Waals surface area contributed by atoms with Gasteiger partial charge in [0.2, 0.25) is 5.56 Å². The highest BCUT2D eigenvalue weighted by Gasteiger charge is 2.36. The van der Waals surface area contributed by atoms with Crippen LogP contribution >= 0.6 is 24.3 Å². The van der Waals surface area contributed by atoms with E-state index in [0.29, 0.717) is 12.0 Å². The van der Waals surface area contributed by atoms with E-state index >= 15 is 0 Å². The zero-order valence-corrected chi connectivity index (χ0v) is 30.8. The zero-order chi connectivity index (χ0) is 37.3.